The standard InChI is InChI=1S/C14H18ClNO2/c1-4-6-16-10-11-8-12(15)14(18-7-5-2)13(9-11)17-3/h4-5,8-9,16H,1-2,6-7,10H2,3H3. The molecule has 1 aromatic rings. The topological polar surface area (TPSA) is 30.5 Å². The van der Waals surface area contributed by atoms with Crippen molar-refractivity contribution in [2.45, 2.75) is 6.54 Å². The lowest BCUT2D eigenvalue weighted by Gasteiger charge is -2.13. The van der Waals surface area contributed by atoms with Crippen LogP contribution >= 0.6 is 11.6 Å². The van der Waals surface area contributed by atoms with Crippen LogP contribution in [0.2, 0.25) is 5.02 Å². The van der Waals surface area contributed by atoms with Crippen LogP contribution in [-0.2, 0) is 6.54 Å². The molecule has 0 saturated carbocycles. The molecule has 4 heteroatoms. The number of ether oxygens (including phenoxy) is 2. The smallest absolute Gasteiger partial charge is 0.180 e. The van der Waals surface area contributed by atoms with Gasteiger partial charge >= 0.3 is 0 Å². The van der Waals surface area contributed by atoms with Crippen LogP contribution in [-0.4, -0.2) is 20.3 Å². The molecule has 0 saturated heterocycles. The lowest BCUT2D eigenvalue weighted by atomic mass is 10.2. The van der Waals surface area contributed by atoms with Gasteiger partial charge in [-0.3, -0.25) is 0 Å². The van der Waals surface area contributed by atoms with Crippen LogP contribution < -0.4 is 14.8 Å². The van der Waals surface area contributed by atoms with Crippen LogP contribution in [0.15, 0.2) is 37.4 Å². The molecule has 1 rings (SSSR count). The van der Waals surface area contributed by atoms with Crippen LogP contribution in [0.1, 0.15) is 5.56 Å². The maximum absolute atomic E-state index is 6.17. The van der Waals surface area contributed by atoms with Gasteiger partial charge in [0.1, 0.15) is 6.61 Å². The van der Waals surface area contributed by atoms with E-state index in [1.165, 1.54) is 0 Å². The Kier molecular flexibility index (Phi) is 6.33. The Hall–Kier alpha value is -1.45. The Morgan fingerprint density at radius 1 is 1.33 bits per heavy atom. The molecule has 0 heterocycles. The summed E-state index contributed by atoms with van der Waals surface area (Å²) in [5.74, 6) is 1.17. The number of methoxy groups -OCH3 is 1. The molecule has 0 aromatic heterocycles. The van der Waals surface area contributed by atoms with Crippen molar-refractivity contribution in [3.05, 3.63) is 48.0 Å². The van der Waals surface area contributed by atoms with Gasteiger partial charge in [-0.25, -0.2) is 0 Å². The van der Waals surface area contributed by atoms with E-state index in [4.69, 9.17) is 21.1 Å². The summed E-state index contributed by atoms with van der Waals surface area (Å²) in [4.78, 5) is 0. The Balaban J connectivity index is 2.87. The summed E-state index contributed by atoms with van der Waals surface area (Å²) < 4.78 is 10.8. The third kappa shape index (κ3) is 4.09. The fourth-order valence-electron chi connectivity index (χ4n) is 1.48. The first-order valence-electron chi connectivity index (χ1n) is 5.64. The largest absolute Gasteiger partial charge is 0.493 e. The highest BCUT2D eigenvalue weighted by molar-refractivity contribution is 6.32. The minimum Gasteiger partial charge on any atom is -0.493 e. The highest BCUT2D eigenvalue weighted by Crippen LogP contribution is 2.36. The van der Waals surface area contributed by atoms with Gasteiger partial charge in [0.15, 0.2) is 11.5 Å². The molecule has 0 aliphatic carbocycles. The normalized spacial score (nSPS) is 9.89. The zero-order valence-electron chi connectivity index (χ0n) is 10.5. The van der Waals surface area contributed by atoms with E-state index in [0.717, 1.165) is 12.1 Å². The van der Waals surface area contributed by atoms with Gasteiger partial charge in [-0.15, -0.1) is 6.58 Å². The van der Waals surface area contributed by atoms with Crippen molar-refractivity contribution in [2.75, 3.05) is 20.3 Å². The minimum absolute atomic E-state index is 0.393. The van der Waals surface area contributed by atoms with E-state index in [-0.39, 0.29) is 0 Å². The first-order valence-corrected chi connectivity index (χ1v) is 6.02. The number of rotatable bonds is 8. The van der Waals surface area contributed by atoms with Crippen molar-refractivity contribution in [2.24, 2.45) is 0 Å². The van der Waals surface area contributed by atoms with Crippen molar-refractivity contribution in [3.8, 4) is 11.5 Å². The fraction of sp³-hybridized carbons (Fsp3) is 0.286. The molecule has 0 amide bonds. The van der Waals surface area contributed by atoms with E-state index in [2.05, 4.69) is 18.5 Å². The van der Waals surface area contributed by atoms with E-state index in [1.54, 1.807) is 19.3 Å². The minimum atomic E-state index is 0.393. The molecular formula is C14H18ClNO2. The van der Waals surface area contributed by atoms with Crippen molar-refractivity contribution < 1.29 is 9.47 Å². The fourth-order valence-corrected chi connectivity index (χ4v) is 1.76. The number of nitrogens with one attached hydrogen (secondary N) is 1. The SMILES string of the molecule is C=CCNCc1cc(Cl)c(OCC=C)c(OC)c1. The molecular weight excluding hydrogens is 250 g/mol. The summed E-state index contributed by atoms with van der Waals surface area (Å²) in [6, 6.07) is 3.76. The second-order valence-electron chi connectivity index (χ2n) is 3.63. The highest BCUT2D eigenvalue weighted by atomic mass is 35.5. The molecule has 0 aliphatic rings. The average molecular weight is 268 g/mol. The summed E-state index contributed by atoms with van der Waals surface area (Å²) in [7, 11) is 1.59. The maximum atomic E-state index is 6.17. The van der Waals surface area contributed by atoms with Crippen molar-refractivity contribution >= 4 is 11.6 Å². The monoisotopic (exact) mass is 267 g/mol. The lowest BCUT2D eigenvalue weighted by molar-refractivity contribution is 0.326. The van der Waals surface area contributed by atoms with E-state index in [0.29, 0.717) is 29.7 Å². The van der Waals surface area contributed by atoms with Crippen LogP contribution in [0.5, 0.6) is 11.5 Å². The van der Waals surface area contributed by atoms with Gasteiger partial charge < -0.3 is 14.8 Å². The van der Waals surface area contributed by atoms with Gasteiger partial charge in [-0.1, -0.05) is 30.3 Å². The quantitative estimate of drug-likeness (QED) is 0.580. The summed E-state index contributed by atoms with van der Waals surface area (Å²) in [6.07, 6.45) is 3.47. The Morgan fingerprint density at radius 3 is 2.72 bits per heavy atom. The van der Waals surface area contributed by atoms with Crippen LogP contribution in [0.3, 0.4) is 0 Å². The summed E-state index contributed by atoms with van der Waals surface area (Å²) in [5.41, 5.74) is 1.03. The van der Waals surface area contributed by atoms with Gasteiger partial charge in [-0.2, -0.15) is 0 Å². The molecule has 0 fully saturated rings. The first kappa shape index (κ1) is 14.6. The molecule has 0 unspecified atom stereocenters. The predicted molar refractivity (Wildman–Crippen MR) is 75.6 cm³/mol. The Labute approximate surface area is 113 Å². The number of hydrogen-bond donors (Lipinski definition) is 1. The Bertz CT molecular complexity index is 419. The molecule has 0 atom stereocenters. The van der Waals surface area contributed by atoms with Gasteiger partial charge in [0.05, 0.1) is 12.1 Å². The van der Waals surface area contributed by atoms with Crippen molar-refractivity contribution in [3.63, 3.8) is 0 Å². The summed E-state index contributed by atoms with van der Waals surface area (Å²) >= 11 is 6.17. The van der Waals surface area contributed by atoms with Gasteiger partial charge in [0, 0.05) is 13.1 Å². The van der Waals surface area contributed by atoms with Gasteiger partial charge in [-0.05, 0) is 17.7 Å². The number of halogens is 1. The zero-order chi connectivity index (χ0) is 13.4. The molecule has 0 radical (unpaired) electrons. The van der Waals surface area contributed by atoms with Gasteiger partial charge in [0.25, 0.3) is 0 Å². The van der Waals surface area contributed by atoms with Gasteiger partial charge in [0.2, 0.25) is 0 Å². The molecule has 18 heavy (non-hydrogen) atoms. The molecule has 1 N–H and O–H groups in total. The number of hydrogen-bond acceptors (Lipinski definition) is 3. The van der Waals surface area contributed by atoms with Crippen LogP contribution in [0.25, 0.3) is 0 Å². The second-order valence-corrected chi connectivity index (χ2v) is 4.04. The molecule has 0 bridgehead atoms. The summed E-state index contributed by atoms with van der Waals surface area (Å²) in [5, 5.41) is 3.74. The van der Waals surface area contributed by atoms with E-state index in [9.17, 15) is 0 Å². The molecule has 98 valence electrons. The third-order valence-corrected chi connectivity index (χ3v) is 2.53. The molecule has 0 aliphatic heterocycles. The number of benzene rings is 1. The van der Waals surface area contributed by atoms with E-state index >= 15 is 0 Å². The molecule has 3 nitrogen and oxygen atoms in total. The zero-order valence-corrected chi connectivity index (χ0v) is 11.3. The average Bonchev–Trinajstić information content (AvgIpc) is 2.37. The Morgan fingerprint density at radius 2 is 2.11 bits per heavy atom. The predicted octanol–water partition coefficient (Wildman–Crippen LogP) is 3.19. The van der Waals surface area contributed by atoms with Crippen molar-refractivity contribution in [1.82, 2.24) is 5.32 Å². The van der Waals surface area contributed by atoms with E-state index in [1.807, 2.05) is 12.1 Å². The molecule has 0 spiro atoms. The highest BCUT2D eigenvalue weighted by Gasteiger charge is 2.11. The maximum Gasteiger partial charge on any atom is 0.180 e. The third-order valence-electron chi connectivity index (χ3n) is 2.25. The summed E-state index contributed by atoms with van der Waals surface area (Å²) in [6.45, 7) is 9.08. The van der Waals surface area contributed by atoms with Crippen molar-refractivity contribution in [1.29, 1.82) is 0 Å². The first-order chi connectivity index (χ1) is 8.72. The van der Waals surface area contributed by atoms with Crippen LogP contribution in [0.4, 0.5) is 0 Å². The van der Waals surface area contributed by atoms with E-state index < -0.39 is 0 Å². The lowest BCUT2D eigenvalue weighted by Crippen LogP contribution is -2.12. The second kappa shape index (κ2) is 7.80. The van der Waals surface area contributed by atoms with Crippen LogP contribution in [0, 0.1) is 0 Å². The molecule has 1 aromatic carbocycles.